The molecule has 102 valence electrons. The molecule has 0 bridgehead atoms. The standard InChI is InChI=1S/C15H21N3S/c1-9-5-4-6-11(7-9)13-17-14(16-3)12-8-10(2)19-15(12)18-13/h8-9,11H,4-7H2,1-3H3,(H,16,17,18). The molecular formula is C15H21N3S. The number of nitrogens with zero attached hydrogens (tertiary/aromatic N) is 2. The van der Waals surface area contributed by atoms with E-state index in [4.69, 9.17) is 9.97 Å². The van der Waals surface area contributed by atoms with Crippen molar-refractivity contribution < 1.29 is 0 Å². The summed E-state index contributed by atoms with van der Waals surface area (Å²) in [5.41, 5.74) is 0. The minimum atomic E-state index is 0.544. The number of rotatable bonds is 2. The monoisotopic (exact) mass is 275 g/mol. The van der Waals surface area contributed by atoms with Crippen LogP contribution in [0.2, 0.25) is 0 Å². The molecule has 0 saturated heterocycles. The third-order valence-electron chi connectivity index (χ3n) is 4.07. The maximum absolute atomic E-state index is 4.83. The molecule has 0 radical (unpaired) electrons. The van der Waals surface area contributed by atoms with E-state index in [2.05, 4.69) is 25.2 Å². The fourth-order valence-corrected chi connectivity index (χ4v) is 3.99. The highest BCUT2D eigenvalue weighted by Gasteiger charge is 2.24. The Bertz CT molecular complexity index is 590. The smallest absolute Gasteiger partial charge is 0.138 e. The van der Waals surface area contributed by atoms with Crippen LogP contribution < -0.4 is 5.32 Å². The molecule has 1 fully saturated rings. The van der Waals surface area contributed by atoms with Gasteiger partial charge in [-0.1, -0.05) is 19.8 Å². The number of nitrogens with one attached hydrogen (secondary N) is 1. The SMILES string of the molecule is CNc1nc(C2CCCC(C)C2)nc2sc(C)cc12. The van der Waals surface area contributed by atoms with Crippen molar-refractivity contribution in [3.05, 3.63) is 16.8 Å². The fourth-order valence-electron chi connectivity index (χ4n) is 3.10. The van der Waals surface area contributed by atoms with Gasteiger partial charge in [0.1, 0.15) is 16.5 Å². The van der Waals surface area contributed by atoms with Gasteiger partial charge in [0.25, 0.3) is 0 Å². The Morgan fingerprint density at radius 1 is 1.32 bits per heavy atom. The van der Waals surface area contributed by atoms with Gasteiger partial charge in [-0.3, -0.25) is 0 Å². The number of aryl methyl sites for hydroxylation is 1. The van der Waals surface area contributed by atoms with Crippen LogP contribution in [0.1, 0.15) is 49.2 Å². The Hall–Kier alpha value is -1.16. The molecule has 19 heavy (non-hydrogen) atoms. The average Bonchev–Trinajstić information content (AvgIpc) is 2.77. The Kier molecular flexibility index (Phi) is 3.44. The van der Waals surface area contributed by atoms with Gasteiger partial charge in [-0.2, -0.15) is 0 Å². The van der Waals surface area contributed by atoms with Gasteiger partial charge < -0.3 is 5.32 Å². The summed E-state index contributed by atoms with van der Waals surface area (Å²) in [7, 11) is 1.95. The van der Waals surface area contributed by atoms with E-state index in [9.17, 15) is 0 Å². The molecule has 2 aromatic rings. The molecule has 2 aromatic heterocycles. The summed E-state index contributed by atoms with van der Waals surface area (Å²) in [5.74, 6) is 3.39. The number of aromatic nitrogens is 2. The molecule has 0 aromatic carbocycles. The van der Waals surface area contributed by atoms with Crippen molar-refractivity contribution in [3.63, 3.8) is 0 Å². The molecule has 0 amide bonds. The first-order chi connectivity index (χ1) is 9.17. The highest BCUT2D eigenvalue weighted by Crippen LogP contribution is 2.37. The van der Waals surface area contributed by atoms with Gasteiger partial charge in [0.05, 0.1) is 5.39 Å². The van der Waals surface area contributed by atoms with Crippen LogP contribution >= 0.6 is 11.3 Å². The molecule has 0 spiro atoms. The van der Waals surface area contributed by atoms with E-state index in [0.29, 0.717) is 5.92 Å². The predicted molar refractivity (Wildman–Crippen MR) is 82.1 cm³/mol. The summed E-state index contributed by atoms with van der Waals surface area (Å²) in [6.07, 6.45) is 5.14. The van der Waals surface area contributed by atoms with E-state index in [1.807, 2.05) is 7.05 Å². The van der Waals surface area contributed by atoms with Crippen molar-refractivity contribution in [2.45, 2.75) is 45.4 Å². The lowest BCUT2D eigenvalue weighted by atomic mass is 9.82. The molecule has 4 heteroatoms. The zero-order chi connectivity index (χ0) is 13.4. The van der Waals surface area contributed by atoms with Gasteiger partial charge in [-0.25, -0.2) is 9.97 Å². The second kappa shape index (κ2) is 5.08. The van der Waals surface area contributed by atoms with Crippen molar-refractivity contribution in [1.29, 1.82) is 0 Å². The summed E-state index contributed by atoms with van der Waals surface area (Å²) >= 11 is 1.77. The zero-order valence-corrected chi connectivity index (χ0v) is 12.7. The van der Waals surface area contributed by atoms with Crippen LogP contribution in [0.15, 0.2) is 6.07 Å². The van der Waals surface area contributed by atoms with Gasteiger partial charge in [0.2, 0.25) is 0 Å². The van der Waals surface area contributed by atoms with Crippen molar-refractivity contribution in [2.75, 3.05) is 12.4 Å². The Morgan fingerprint density at radius 3 is 2.89 bits per heavy atom. The van der Waals surface area contributed by atoms with Gasteiger partial charge in [-0.15, -0.1) is 11.3 Å². The van der Waals surface area contributed by atoms with Crippen molar-refractivity contribution in [3.8, 4) is 0 Å². The van der Waals surface area contributed by atoms with E-state index in [0.717, 1.165) is 27.8 Å². The van der Waals surface area contributed by atoms with Gasteiger partial charge >= 0.3 is 0 Å². The zero-order valence-electron chi connectivity index (χ0n) is 11.9. The Labute approximate surface area is 118 Å². The number of thiophene rings is 1. The molecule has 2 heterocycles. The Balaban J connectivity index is 2.03. The molecule has 1 N–H and O–H groups in total. The van der Waals surface area contributed by atoms with Crippen LogP contribution in [0, 0.1) is 12.8 Å². The normalized spacial score (nSPS) is 23.7. The molecule has 3 nitrogen and oxygen atoms in total. The first-order valence-electron chi connectivity index (χ1n) is 7.13. The number of hydrogen-bond acceptors (Lipinski definition) is 4. The maximum Gasteiger partial charge on any atom is 0.138 e. The van der Waals surface area contributed by atoms with Crippen molar-refractivity contribution in [1.82, 2.24) is 9.97 Å². The molecular weight excluding hydrogens is 254 g/mol. The summed E-state index contributed by atoms with van der Waals surface area (Å²) in [4.78, 5) is 12.0. The highest BCUT2D eigenvalue weighted by atomic mass is 32.1. The fraction of sp³-hybridized carbons (Fsp3) is 0.600. The molecule has 1 aliphatic rings. The average molecular weight is 275 g/mol. The van der Waals surface area contributed by atoms with E-state index in [1.165, 1.54) is 30.6 Å². The van der Waals surface area contributed by atoms with Gasteiger partial charge in [0.15, 0.2) is 0 Å². The lowest BCUT2D eigenvalue weighted by Gasteiger charge is -2.25. The number of hydrogen-bond donors (Lipinski definition) is 1. The quantitative estimate of drug-likeness (QED) is 0.886. The van der Waals surface area contributed by atoms with Crippen molar-refractivity contribution in [2.24, 2.45) is 5.92 Å². The highest BCUT2D eigenvalue weighted by molar-refractivity contribution is 7.18. The topological polar surface area (TPSA) is 37.8 Å². The second-order valence-corrected chi connectivity index (χ2v) is 6.96. The number of anilines is 1. The molecule has 1 saturated carbocycles. The van der Waals surface area contributed by atoms with Gasteiger partial charge in [0, 0.05) is 17.8 Å². The van der Waals surface area contributed by atoms with Crippen LogP contribution in [-0.2, 0) is 0 Å². The Morgan fingerprint density at radius 2 is 2.16 bits per heavy atom. The van der Waals surface area contributed by atoms with E-state index < -0.39 is 0 Å². The van der Waals surface area contributed by atoms with Crippen LogP contribution in [-0.4, -0.2) is 17.0 Å². The molecule has 1 aliphatic carbocycles. The molecule has 2 atom stereocenters. The van der Waals surface area contributed by atoms with Crippen LogP contribution in [0.4, 0.5) is 5.82 Å². The third kappa shape index (κ3) is 2.46. The van der Waals surface area contributed by atoms with Crippen LogP contribution in [0.3, 0.4) is 0 Å². The number of fused-ring (bicyclic) bond motifs is 1. The minimum Gasteiger partial charge on any atom is -0.372 e. The summed E-state index contributed by atoms with van der Waals surface area (Å²) in [5, 5.41) is 4.39. The summed E-state index contributed by atoms with van der Waals surface area (Å²) in [6, 6.07) is 2.18. The lowest BCUT2D eigenvalue weighted by molar-refractivity contribution is 0.336. The third-order valence-corrected chi connectivity index (χ3v) is 5.02. The summed E-state index contributed by atoms with van der Waals surface area (Å²) < 4.78 is 0. The first kappa shape index (κ1) is 12.9. The van der Waals surface area contributed by atoms with Gasteiger partial charge in [-0.05, 0) is 31.7 Å². The first-order valence-corrected chi connectivity index (χ1v) is 7.95. The lowest BCUT2D eigenvalue weighted by Crippen LogP contribution is -2.14. The second-order valence-electron chi connectivity index (χ2n) is 5.72. The largest absolute Gasteiger partial charge is 0.372 e. The molecule has 2 unspecified atom stereocenters. The van der Waals surface area contributed by atoms with E-state index >= 15 is 0 Å². The summed E-state index contributed by atoms with van der Waals surface area (Å²) in [6.45, 7) is 4.48. The van der Waals surface area contributed by atoms with Crippen molar-refractivity contribution >= 4 is 27.4 Å². The van der Waals surface area contributed by atoms with Crippen LogP contribution in [0.5, 0.6) is 0 Å². The van der Waals surface area contributed by atoms with Crippen LogP contribution in [0.25, 0.3) is 10.2 Å². The minimum absolute atomic E-state index is 0.544. The predicted octanol–water partition coefficient (Wildman–Crippen LogP) is 4.34. The maximum atomic E-state index is 4.83. The molecule has 0 aliphatic heterocycles. The van der Waals surface area contributed by atoms with E-state index in [-0.39, 0.29) is 0 Å². The molecule has 3 rings (SSSR count). The van der Waals surface area contributed by atoms with E-state index in [1.54, 1.807) is 11.3 Å².